The maximum absolute atomic E-state index is 13.2. The van der Waals surface area contributed by atoms with Gasteiger partial charge in [-0.1, -0.05) is 6.07 Å². The van der Waals surface area contributed by atoms with Crippen LogP contribution in [0.1, 0.15) is 18.1 Å². The first-order valence-electron chi connectivity index (χ1n) is 5.77. The summed E-state index contributed by atoms with van der Waals surface area (Å²) in [7, 11) is 0. The fourth-order valence-corrected chi connectivity index (χ4v) is 1.94. The Balaban J connectivity index is 2.34. The summed E-state index contributed by atoms with van der Waals surface area (Å²) < 4.78 is 26.4. The van der Waals surface area contributed by atoms with Crippen LogP contribution < -0.4 is 5.73 Å². The standard InChI is InChI=1S/C14H14F2N2O/c1-14(19,8-9-3-2-4-18-13(9)17)10-5-11(15)7-12(16)6-10/h2-7,19H,8H2,1H3,(H2,17,18). The molecule has 0 amide bonds. The van der Waals surface area contributed by atoms with Crippen LogP contribution >= 0.6 is 0 Å². The Morgan fingerprint density at radius 2 is 1.89 bits per heavy atom. The van der Waals surface area contributed by atoms with Gasteiger partial charge in [0.2, 0.25) is 0 Å². The highest BCUT2D eigenvalue weighted by molar-refractivity contribution is 5.40. The molecule has 1 heterocycles. The predicted molar refractivity (Wildman–Crippen MR) is 68.3 cm³/mol. The molecule has 1 aromatic heterocycles. The molecule has 0 fully saturated rings. The van der Waals surface area contributed by atoms with Gasteiger partial charge in [-0.3, -0.25) is 0 Å². The van der Waals surface area contributed by atoms with Crippen molar-refractivity contribution in [3.63, 3.8) is 0 Å². The molecule has 1 atom stereocenters. The zero-order valence-electron chi connectivity index (χ0n) is 10.4. The van der Waals surface area contributed by atoms with Gasteiger partial charge < -0.3 is 10.8 Å². The minimum Gasteiger partial charge on any atom is -0.385 e. The second-order valence-electron chi connectivity index (χ2n) is 4.66. The number of pyridine rings is 1. The highest BCUT2D eigenvalue weighted by Gasteiger charge is 2.26. The molecule has 1 unspecified atom stereocenters. The van der Waals surface area contributed by atoms with Crippen molar-refractivity contribution < 1.29 is 13.9 Å². The summed E-state index contributed by atoms with van der Waals surface area (Å²) in [6.07, 6.45) is 1.66. The quantitative estimate of drug-likeness (QED) is 0.895. The molecule has 1 aromatic carbocycles. The smallest absolute Gasteiger partial charge is 0.126 e. The molecule has 0 aliphatic heterocycles. The van der Waals surface area contributed by atoms with Crippen molar-refractivity contribution in [3.8, 4) is 0 Å². The Morgan fingerprint density at radius 3 is 2.47 bits per heavy atom. The van der Waals surface area contributed by atoms with E-state index in [1.54, 1.807) is 12.1 Å². The maximum Gasteiger partial charge on any atom is 0.126 e. The van der Waals surface area contributed by atoms with Gasteiger partial charge in [-0.05, 0) is 36.2 Å². The summed E-state index contributed by atoms with van der Waals surface area (Å²) in [5.74, 6) is -1.16. The van der Waals surface area contributed by atoms with Gasteiger partial charge in [0.1, 0.15) is 17.5 Å². The third-order valence-corrected chi connectivity index (χ3v) is 2.95. The van der Waals surface area contributed by atoms with E-state index in [1.807, 2.05) is 0 Å². The average Bonchev–Trinajstić information content (AvgIpc) is 2.31. The summed E-state index contributed by atoms with van der Waals surface area (Å²) in [5.41, 5.74) is 5.05. The van der Waals surface area contributed by atoms with Crippen LogP contribution in [0.4, 0.5) is 14.6 Å². The minimum atomic E-state index is -1.43. The summed E-state index contributed by atoms with van der Waals surface area (Å²) in [6, 6.07) is 6.38. The van der Waals surface area contributed by atoms with Crippen LogP contribution in [0.2, 0.25) is 0 Å². The molecule has 0 aliphatic carbocycles. The molecule has 19 heavy (non-hydrogen) atoms. The number of nitrogens with two attached hydrogens (primary N) is 1. The molecule has 0 saturated carbocycles. The van der Waals surface area contributed by atoms with Crippen molar-refractivity contribution in [1.29, 1.82) is 0 Å². The van der Waals surface area contributed by atoms with Gasteiger partial charge in [-0.15, -0.1) is 0 Å². The second-order valence-corrected chi connectivity index (χ2v) is 4.66. The summed E-state index contributed by atoms with van der Waals surface area (Å²) in [5, 5.41) is 10.4. The van der Waals surface area contributed by atoms with Gasteiger partial charge in [0.05, 0.1) is 5.60 Å². The first-order chi connectivity index (χ1) is 8.88. The van der Waals surface area contributed by atoms with Gasteiger partial charge in [0.15, 0.2) is 0 Å². The summed E-state index contributed by atoms with van der Waals surface area (Å²) >= 11 is 0. The van der Waals surface area contributed by atoms with E-state index < -0.39 is 17.2 Å². The number of benzene rings is 1. The number of aliphatic hydroxyl groups is 1. The van der Waals surface area contributed by atoms with Crippen molar-refractivity contribution in [1.82, 2.24) is 4.98 Å². The fourth-order valence-electron chi connectivity index (χ4n) is 1.94. The summed E-state index contributed by atoms with van der Waals surface area (Å²) in [4.78, 5) is 3.91. The Bertz CT molecular complexity index is 579. The Labute approximate surface area is 109 Å². The third kappa shape index (κ3) is 3.06. The molecule has 2 aromatic rings. The van der Waals surface area contributed by atoms with E-state index in [4.69, 9.17) is 5.73 Å². The monoisotopic (exact) mass is 264 g/mol. The van der Waals surface area contributed by atoms with E-state index in [0.717, 1.165) is 18.2 Å². The topological polar surface area (TPSA) is 59.1 Å². The molecule has 0 bridgehead atoms. The molecule has 5 heteroatoms. The van der Waals surface area contributed by atoms with Crippen molar-refractivity contribution in [2.45, 2.75) is 18.9 Å². The van der Waals surface area contributed by atoms with Crippen molar-refractivity contribution in [2.75, 3.05) is 5.73 Å². The van der Waals surface area contributed by atoms with E-state index in [1.165, 1.54) is 13.1 Å². The number of hydrogen-bond donors (Lipinski definition) is 2. The molecule has 3 nitrogen and oxygen atoms in total. The molecule has 2 rings (SSSR count). The molecular weight excluding hydrogens is 250 g/mol. The van der Waals surface area contributed by atoms with Gasteiger partial charge in [0, 0.05) is 18.7 Å². The lowest BCUT2D eigenvalue weighted by molar-refractivity contribution is 0.0570. The minimum absolute atomic E-state index is 0.121. The Morgan fingerprint density at radius 1 is 1.26 bits per heavy atom. The van der Waals surface area contributed by atoms with Crippen LogP contribution in [0.3, 0.4) is 0 Å². The van der Waals surface area contributed by atoms with E-state index >= 15 is 0 Å². The number of anilines is 1. The normalized spacial score (nSPS) is 14.1. The van der Waals surface area contributed by atoms with Crippen LogP contribution in [0.25, 0.3) is 0 Å². The van der Waals surface area contributed by atoms with Crippen LogP contribution in [0.15, 0.2) is 36.5 Å². The zero-order chi connectivity index (χ0) is 14.0. The largest absolute Gasteiger partial charge is 0.385 e. The molecule has 0 radical (unpaired) electrons. The maximum atomic E-state index is 13.2. The van der Waals surface area contributed by atoms with Crippen LogP contribution in [-0.4, -0.2) is 10.1 Å². The lowest BCUT2D eigenvalue weighted by atomic mass is 9.89. The van der Waals surface area contributed by atoms with Crippen molar-refractivity contribution >= 4 is 5.82 Å². The van der Waals surface area contributed by atoms with Crippen molar-refractivity contribution in [2.24, 2.45) is 0 Å². The second kappa shape index (κ2) is 4.93. The molecule has 100 valence electrons. The van der Waals surface area contributed by atoms with E-state index in [9.17, 15) is 13.9 Å². The summed E-state index contributed by atoms with van der Waals surface area (Å²) in [6.45, 7) is 1.48. The third-order valence-electron chi connectivity index (χ3n) is 2.95. The number of nitrogens with zero attached hydrogens (tertiary/aromatic N) is 1. The van der Waals surface area contributed by atoms with Gasteiger partial charge in [-0.2, -0.15) is 0 Å². The highest BCUT2D eigenvalue weighted by Crippen LogP contribution is 2.28. The van der Waals surface area contributed by atoms with Gasteiger partial charge in [0.25, 0.3) is 0 Å². The van der Waals surface area contributed by atoms with Gasteiger partial charge >= 0.3 is 0 Å². The Kier molecular flexibility index (Phi) is 3.48. The fraction of sp³-hybridized carbons (Fsp3) is 0.214. The van der Waals surface area contributed by atoms with Gasteiger partial charge in [-0.25, -0.2) is 13.8 Å². The lowest BCUT2D eigenvalue weighted by Gasteiger charge is -2.24. The molecular formula is C14H14F2N2O. The molecule has 0 saturated heterocycles. The first kappa shape index (κ1) is 13.4. The molecule has 0 aliphatic rings. The number of hydrogen-bond acceptors (Lipinski definition) is 3. The Hall–Kier alpha value is -2.01. The van der Waals surface area contributed by atoms with Crippen LogP contribution in [0, 0.1) is 11.6 Å². The number of halogens is 2. The average molecular weight is 264 g/mol. The van der Waals surface area contributed by atoms with E-state index in [2.05, 4.69) is 4.98 Å². The lowest BCUT2D eigenvalue weighted by Crippen LogP contribution is -2.25. The number of rotatable bonds is 3. The number of nitrogen functional groups attached to an aromatic ring is 1. The van der Waals surface area contributed by atoms with Crippen molar-refractivity contribution in [3.05, 3.63) is 59.3 Å². The van der Waals surface area contributed by atoms with Crippen LogP contribution in [0.5, 0.6) is 0 Å². The number of aromatic nitrogens is 1. The van der Waals surface area contributed by atoms with E-state index in [-0.39, 0.29) is 12.0 Å². The SMILES string of the molecule is CC(O)(Cc1cccnc1N)c1cc(F)cc(F)c1. The molecule has 3 N–H and O–H groups in total. The zero-order valence-corrected chi connectivity index (χ0v) is 10.4. The molecule has 0 spiro atoms. The predicted octanol–water partition coefficient (Wildman–Crippen LogP) is 2.39. The highest BCUT2D eigenvalue weighted by atomic mass is 19.1. The van der Waals surface area contributed by atoms with E-state index in [0.29, 0.717) is 11.4 Å². The van der Waals surface area contributed by atoms with Crippen LogP contribution in [-0.2, 0) is 12.0 Å². The first-order valence-corrected chi connectivity index (χ1v) is 5.77.